The van der Waals surface area contributed by atoms with Gasteiger partial charge in [-0.2, -0.15) is 0 Å². The van der Waals surface area contributed by atoms with Crippen LogP contribution in [0.5, 0.6) is 0 Å². The molecule has 0 aromatic rings. The topological polar surface area (TPSA) is 70.6 Å². The molecule has 0 aliphatic carbocycles. The molecule has 78 valence electrons. The van der Waals surface area contributed by atoms with Gasteiger partial charge in [0.25, 0.3) is 0 Å². The molecule has 4 N–H and O–H groups in total. The SMILES string of the molecule is CCC(C)(C)NCC(C)C(N)=NO. The summed E-state index contributed by atoms with van der Waals surface area (Å²) in [5.74, 6) is 0.343. The predicted molar refractivity (Wildman–Crippen MR) is 54.9 cm³/mol. The molecule has 0 spiro atoms. The molecule has 4 heteroatoms. The molecule has 0 rings (SSSR count). The molecule has 0 aromatic carbocycles. The fourth-order valence-corrected chi connectivity index (χ4v) is 0.758. The predicted octanol–water partition coefficient (Wildman–Crippen LogP) is 1.15. The first-order chi connectivity index (χ1) is 5.93. The summed E-state index contributed by atoms with van der Waals surface area (Å²) in [4.78, 5) is 0. The molecule has 0 fully saturated rings. The fourth-order valence-electron chi connectivity index (χ4n) is 0.758. The van der Waals surface area contributed by atoms with Gasteiger partial charge >= 0.3 is 0 Å². The van der Waals surface area contributed by atoms with Crippen molar-refractivity contribution in [3.8, 4) is 0 Å². The zero-order valence-corrected chi connectivity index (χ0v) is 8.96. The van der Waals surface area contributed by atoms with Crippen molar-refractivity contribution in [2.24, 2.45) is 16.8 Å². The second-order valence-electron chi connectivity index (χ2n) is 4.04. The molecule has 1 unspecified atom stereocenters. The zero-order valence-electron chi connectivity index (χ0n) is 8.96. The smallest absolute Gasteiger partial charge is 0.143 e. The Hall–Kier alpha value is -0.770. The molecule has 1 atom stereocenters. The summed E-state index contributed by atoms with van der Waals surface area (Å²) in [6.07, 6.45) is 1.05. The Morgan fingerprint density at radius 2 is 2.15 bits per heavy atom. The lowest BCUT2D eigenvalue weighted by atomic mass is 10.0. The minimum atomic E-state index is 0.0656. The van der Waals surface area contributed by atoms with Crippen molar-refractivity contribution in [1.82, 2.24) is 5.32 Å². The van der Waals surface area contributed by atoms with Crippen LogP contribution in [0.25, 0.3) is 0 Å². The van der Waals surface area contributed by atoms with Crippen molar-refractivity contribution in [2.45, 2.75) is 39.7 Å². The van der Waals surface area contributed by atoms with Crippen molar-refractivity contribution in [3.63, 3.8) is 0 Å². The van der Waals surface area contributed by atoms with Crippen LogP contribution in [0.2, 0.25) is 0 Å². The summed E-state index contributed by atoms with van der Waals surface area (Å²) >= 11 is 0. The molecular weight excluding hydrogens is 166 g/mol. The average molecular weight is 187 g/mol. The van der Waals surface area contributed by atoms with Gasteiger partial charge in [-0.1, -0.05) is 19.0 Å². The number of hydrogen-bond donors (Lipinski definition) is 3. The zero-order chi connectivity index (χ0) is 10.5. The Labute approximate surface area is 80.2 Å². The number of amidine groups is 1. The third-order valence-electron chi connectivity index (χ3n) is 2.39. The van der Waals surface area contributed by atoms with Crippen LogP contribution in [0.15, 0.2) is 5.16 Å². The molecule has 0 heterocycles. The summed E-state index contributed by atoms with van der Waals surface area (Å²) < 4.78 is 0. The maximum absolute atomic E-state index is 8.43. The molecule has 4 nitrogen and oxygen atoms in total. The Balaban J connectivity index is 3.89. The summed E-state index contributed by atoms with van der Waals surface area (Å²) in [5.41, 5.74) is 5.56. The van der Waals surface area contributed by atoms with E-state index in [-0.39, 0.29) is 17.3 Å². The molecule has 0 aromatic heterocycles. The summed E-state index contributed by atoms with van der Waals surface area (Å²) in [5, 5.41) is 14.7. The molecular formula is C9H21N3O. The molecule has 0 saturated carbocycles. The Morgan fingerprint density at radius 1 is 1.62 bits per heavy atom. The number of nitrogens with one attached hydrogen (secondary N) is 1. The van der Waals surface area contributed by atoms with E-state index in [2.05, 4.69) is 31.2 Å². The second kappa shape index (κ2) is 5.07. The highest BCUT2D eigenvalue weighted by molar-refractivity contribution is 5.82. The van der Waals surface area contributed by atoms with Gasteiger partial charge < -0.3 is 16.3 Å². The average Bonchev–Trinajstić information content (AvgIpc) is 2.13. The highest BCUT2D eigenvalue weighted by Gasteiger charge is 2.16. The van der Waals surface area contributed by atoms with E-state index < -0.39 is 0 Å². The van der Waals surface area contributed by atoms with E-state index >= 15 is 0 Å². The van der Waals surface area contributed by atoms with Gasteiger partial charge in [-0.3, -0.25) is 0 Å². The van der Waals surface area contributed by atoms with Crippen LogP contribution in [-0.4, -0.2) is 23.1 Å². The Bertz CT molecular complexity index is 178. The van der Waals surface area contributed by atoms with Crippen LogP contribution in [0.1, 0.15) is 34.1 Å². The monoisotopic (exact) mass is 187 g/mol. The van der Waals surface area contributed by atoms with Gasteiger partial charge in [0.05, 0.1) is 0 Å². The molecule has 0 aliphatic heterocycles. The summed E-state index contributed by atoms with van der Waals surface area (Å²) in [6, 6.07) is 0. The number of nitrogens with zero attached hydrogens (tertiary/aromatic N) is 1. The van der Waals surface area contributed by atoms with Gasteiger partial charge in [0.1, 0.15) is 5.84 Å². The standard InChI is InChI=1S/C9H21N3O/c1-5-9(3,4)11-6-7(2)8(10)12-13/h7,11,13H,5-6H2,1-4H3,(H2,10,12). The van der Waals surface area contributed by atoms with Crippen LogP contribution in [0.4, 0.5) is 0 Å². The van der Waals surface area contributed by atoms with E-state index in [4.69, 9.17) is 10.9 Å². The second-order valence-corrected chi connectivity index (χ2v) is 4.04. The fraction of sp³-hybridized carbons (Fsp3) is 0.889. The van der Waals surface area contributed by atoms with Crippen LogP contribution in [0, 0.1) is 5.92 Å². The van der Waals surface area contributed by atoms with Gasteiger partial charge in [-0.25, -0.2) is 0 Å². The highest BCUT2D eigenvalue weighted by atomic mass is 16.4. The number of oxime groups is 1. The lowest BCUT2D eigenvalue weighted by Crippen LogP contribution is -2.43. The first-order valence-electron chi connectivity index (χ1n) is 4.65. The lowest BCUT2D eigenvalue weighted by Gasteiger charge is -2.26. The largest absolute Gasteiger partial charge is 0.409 e. The first kappa shape index (κ1) is 12.2. The normalized spacial score (nSPS) is 15.8. The van der Waals surface area contributed by atoms with Gasteiger partial charge in [0, 0.05) is 18.0 Å². The van der Waals surface area contributed by atoms with Crippen LogP contribution >= 0.6 is 0 Å². The summed E-state index contributed by atoms with van der Waals surface area (Å²) in [7, 11) is 0. The van der Waals surface area contributed by atoms with E-state index in [1.807, 2.05) is 6.92 Å². The van der Waals surface area contributed by atoms with Crippen molar-refractivity contribution in [1.29, 1.82) is 0 Å². The van der Waals surface area contributed by atoms with Crippen LogP contribution < -0.4 is 11.1 Å². The lowest BCUT2D eigenvalue weighted by molar-refractivity contribution is 0.311. The van der Waals surface area contributed by atoms with Crippen molar-refractivity contribution >= 4 is 5.84 Å². The first-order valence-corrected chi connectivity index (χ1v) is 4.65. The molecule has 0 amide bonds. The van der Waals surface area contributed by atoms with Crippen molar-refractivity contribution in [2.75, 3.05) is 6.54 Å². The maximum Gasteiger partial charge on any atom is 0.143 e. The van der Waals surface area contributed by atoms with Gasteiger partial charge in [-0.15, -0.1) is 0 Å². The molecule has 0 saturated heterocycles. The number of hydrogen-bond acceptors (Lipinski definition) is 3. The van der Waals surface area contributed by atoms with E-state index in [1.54, 1.807) is 0 Å². The minimum Gasteiger partial charge on any atom is -0.409 e. The van der Waals surface area contributed by atoms with Gasteiger partial charge in [0.15, 0.2) is 0 Å². The minimum absolute atomic E-state index is 0.0656. The number of nitrogens with two attached hydrogens (primary N) is 1. The molecule has 0 bridgehead atoms. The Morgan fingerprint density at radius 3 is 2.54 bits per heavy atom. The van der Waals surface area contributed by atoms with Crippen molar-refractivity contribution in [3.05, 3.63) is 0 Å². The van der Waals surface area contributed by atoms with Gasteiger partial charge in [0.2, 0.25) is 0 Å². The maximum atomic E-state index is 8.43. The van der Waals surface area contributed by atoms with Gasteiger partial charge in [-0.05, 0) is 20.3 Å². The number of rotatable bonds is 5. The van der Waals surface area contributed by atoms with E-state index in [0.29, 0.717) is 0 Å². The van der Waals surface area contributed by atoms with Crippen LogP contribution in [-0.2, 0) is 0 Å². The van der Waals surface area contributed by atoms with E-state index in [1.165, 1.54) is 0 Å². The van der Waals surface area contributed by atoms with E-state index in [9.17, 15) is 0 Å². The quantitative estimate of drug-likeness (QED) is 0.262. The third-order valence-corrected chi connectivity index (χ3v) is 2.39. The Kier molecular flexibility index (Phi) is 4.77. The molecule has 0 aliphatic rings. The summed E-state index contributed by atoms with van der Waals surface area (Å²) in [6.45, 7) is 9.05. The highest BCUT2D eigenvalue weighted by Crippen LogP contribution is 2.07. The molecule has 0 radical (unpaired) electrons. The van der Waals surface area contributed by atoms with Crippen LogP contribution in [0.3, 0.4) is 0 Å². The van der Waals surface area contributed by atoms with E-state index in [0.717, 1.165) is 13.0 Å². The van der Waals surface area contributed by atoms with Crippen molar-refractivity contribution < 1.29 is 5.21 Å². The third kappa shape index (κ3) is 4.72. The molecule has 13 heavy (non-hydrogen) atoms.